The number of nitrogens with one attached hydrogen (secondary N) is 1. The van der Waals surface area contributed by atoms with Gasteiger partial charge >= 0.3 is 0 Å². The van der Waals surface area contributed by atoms with Crippen molar-refractivity contribution in [3.63, 3.8) is 0 Å². The highest BCUT2D eigenvalue weighted by Crippen LogP contribution is 2.20. The number of fused-ring (bicyclic) bond motifs is 1. The molecule has 0 fully saturated rings. The molecule has 0 saturated carbocycles. The highest BCUT2D eigenvalue weighted by atomic mass is 19.1. The van der Waals surface area contributed by atoms with Crippen LogP contribution in [0.3, 0.4) is 0 Å². The summed E-state index contributed by atoms with van der Waals surface area (Å²) in [6.07, 6.45) is 2.03. The maximum Gasteiger partial charge on any atom is 0.123 e. The number of halogens is 1. The molecule has 0 aliphatic heterocycles. The Bertz CT molecular complexity index is 516. The first-order chi connectivity index (χ1) is 8.58. The summed E-state index contributed by atoms with van der Waals surface area (Å²) in [5.41, 5.74) is 1.09. The van der Waals surface area contributed by atoms with Gasteiger partial charge in [-0.3, -0.25) is 0 Å². The van der Waals surface area contributed by atoms with E-state index in [2.05, 4.69) is 30.7 Å². The SMILES string of the molecule is CC(C)CNCC(C)n1ccc2cc(F)ccc21. The third-order valence-corrected chi connectivity index (χ3v) is 3.15. The Kier molecular flexibility index (Phi) is 4.02. The minimum absolute atomic E-state index is 0.175. The topological polar surface area (TPSA) is 17.0 Å². The van der Waals surface area contributed by atoms with Crippen molar-refractivity contribution in [2.24, 2.45) is 5.92 Å². The van der Waals surface area contributed by atoms with Crippen molar-refractivity contribution < 1.29 is 4.39 Å². The lowest BCUT2D eigenvalue weighted by atomic mass is 10.2. The van der Waals surface area contributed by atoms with Gasteiger partial charge in [-0.15, -0.1) is 0 Å². The summed E-state index contributed by atoms with van der Waals surface area (Å²) >= 11 is 0. The molecule has 0 spiro atoms. The van der Waals surface area contributed by atoms with Crippen molar-refractivity contribution in [1.82, 2.24) is 9.88 Å². The zero-order chi connectivity index (χ0) is 13.1. The van der Waals surface area contributed by atoms with Crippen molar-refractivity contribution in [1.29, 1.82) is 0 Å². The average Bonchev–Trinajstić information content (AvgIpc) is 2.71. The average molecular weight is 248 g/mol. The molecule has 1 heterocycles. The van der Waals surface area contributed by atoms with Crippen LogP contribution in [0.2, 0.25) is 0 Å². The highest BCUT2D eigenvalue weighted by molar-refractivity contribution is 5.80. The summed E-state index contributed by atoms with van der Waals surface area (Å²) < 4.78 is 15.3. The normalized spacial score (nSPS) is 13.4. The van der Waals surface area contributed by atoms with Crippen LogP contribution in [0.1, 0.15) is 26.8 Å². The second-order valence-electron chi connectivity index (χ2n) is 5.33. The van der Waals surface area contributed by atoms with E-state index in [1.54, 1.807) is 6.07 Å². The lowest BCUT2D eigenvalue weighted by molar-refractivity contribution is 0.471. The fraction of sp³-hybridized carbons (Fsp3) is 0.467. The van der Waals surface area contributed by atoms with E-state index in [0.717, 1.165) is 24.0 Å². The molecule has 2 nitrogen and oxygen atoms in total. The van der Waals surface area contributed by atoms with E-state index in [0.29, 0.717) is 12.0 Å². The molecular weight excluding hydrogens is 227 g/mol. The van der Waals surface area contributed by atoms with Crippen molar-refractivity contribution in [3.8, 4) is 0 Å². The van der Waals surface area contributed by atoms with Gasteiger partial charge in [-0.25, -0.2) is 4.39 Å². The number of rotatable bonds is 5. The van der Waals surface area contributed by atoms with Gasteiger partial charge in [-0.05, 0) is 43.7 Å². The highest BCUT2D eigenvalue weighted by Gasteiger charge is 2.08. The van der Waals surface area contributed by atoms with Gasteiger partial charge in [0, 0.05) is 29.7 Å². The molecule has 2 rings (SSSR count). The lowest BCUT2D eigenvalue weighted by Crippen LogP contribution is -2.26. The van der Waals surface area contributed by atoms with Gasteiger partial charge in [0.15, 0.2) is 0 Å². The van der Waals surface area contributed by atoms with Crippen molar-refractivity contribution >= 4 is 10.9 Å². The van der Waals surface area contributed by atoms with Gasteiger partial charge in [0.25, 0.3) is 0 Å². The molecule has 0 radical (unpaired) electrons. The first-order valence-electron chi connectivity index (χ1n) is 6.54. The molecule has 0 aliphatic rings. The molecule has 3 heteroatoms. The quantitative estimate of drug-likeness (QED) is 0.855. The summed E-state index contributed by atoms with van der Waals surface area (Å²) in [6, 6.07) is 7.29. The Balaban J connectivity index is 2.10. The van der Waals surface area contributed by atoms with Gasteiger partial charge in [0.05, 0.1) is 0 Å². The van der Waals surface area contributed by atoms with Crippen molar-refractivity contribution in [3.05, 3.63) is 36.3 Å². The summed E-state index contributed by atoms with van der Waals surface area (Å²) in [4.78, 5) is 0. The Morgan fingerprint density at radius 3 is 2.67 bits per heavy atom. The van der Waals surface area contributed by atoms with Crippen LogP contribution in [0, 0.1) is 11.7 Å². The molecule has 0 bridgehead atoms. The van der Waals surface area contributed by atoms with Gasteiger partial charge in [-0.1, -0.05) is 13.8 Å². The minimum Gasteiger partial charge on any atom is -0.343 e. The molecular formula is C15H21FN2. The zero-order valence-electron chi connectivity index (χ0n) is 11.3. The maximum atomic E-state index is 13.1. The summed E-state index contributed by atoms with van der Waals surface area (Å²) in [5.74, 6) is 0.485. The number of hydrogen-bond acceptors (Lipinski definition) is 1. The van der Waals surface area contributed by atoms with E-state index in [-0.39, 0.29) is 5.82 Å². The third-order valence-electron chi connectivity index (χ3n) is 3.15. The molecule has 1 atom stereocenters. The van der Waals surface area contributed by atoms with Crippen LogP contribution in [-0.4, -0.2) is 17.7 Å². The van der Waals surface area contributed by atoms with E-state index in [4.69, 9.17) is 0 Å². The van der Waals surface area contributed by atoms with E-state index in [1.165, 1.54) is 6.07 Å². The monoisotopic (exact) mass is 248 g/mol. The fourth-order valence-corrected chi connectivity index (χ4v) is 2.20. The first-order valence-corrected chi connectivity index (χ1v) is 6.54. The summed E-state index contributed by atoms with van der Waals surface area (Å²) in [7, 11) is 0. The molecule has 0 aliphatic carbocycles. The summed E-state index contributed by atoms with van der Waals surface area (Å²) in [6.45, 7) is 8.53. The largest absolute Gasteiger partial charge is 0.343 e. The second-order valence-corrected chi connectivity index (χ2v) is 5.33. The van der Waals surface area contributed by atoms with Crippen LogP contribution in [0.4, 0.5) is 4.39 Å². The molecule has 0 amide bonds. The van der Waals surface area contributed by atoms with E-state index in [1.807, 2.05) is 18.3 Å². The van der Waals surface area contributed by atoms with E-state index >= 15 is 0 Å². The minimum atomic E-state index is -0.175. The van der Waals surface area contributed by atoms with Crippen LogP contribution >= 0.6 is 0 Å². The smallest absolute Gasteiger partial charge is 0.123 e. The van der Waals surface area contributed by atoms with Gasteiger partial charge in [0.2, 0.25) is 0 Å². The van der Waals surface area contributed by atoms with Gasteiger partial charge < -0.3 is 9.88 Å². The van der Waals surface area contributed by atoms with Crippen LogP contribution in [0.15, 0.2) is 30.5 Å². The Morgan fingerprint density at radius 2 is 1.94 bits per heavy atom. The molecule has 1 unspecified atom stereocenters. The Hall–Kier alpha value is -1.35. The molecule has 98 valence electrons. The standard InChI is InChI=1S/C15H21FN2/c1-11(2)9-17-10-12(3)18-7-6-13-8-14(16)4-5-15(13)18/h4-8,11-12,17H,9-10H2,1-3H3. The van der Waals surface area contributed by atoms with Crippen LogP contribution in [-0.2, 0) is 0 Å². The van der Waals surface area contributed by atoms with Crippen LogP contribution in [0.5, 0.6) is 0 Å². The van der Waals surface area contributed by atoms with Crippen LogP contribution < -0.4 is 5.32 Å². The number of benzene rings is 1. The molecule has 0 saturated heterocycles. The van der Waals surface area contributed by atoms with Crippen molar-refractivity contribution in [2.45, 2.75) is 26.8 Å². The number of nitrogens with zero attached hydrogens (tertiary/aromatic N) is 1. The molecule has 2 aromatic rings. The Labute approximate surface area is 108 Å². The van der Waals surface area contributed by atoms with Gasteiger partial charge in [0.1, 0.15) is 5.82 Å². The molecule has 18 heavy (non-hydrogen) atoms. The molecule has 1 aromatic carbocycles. The van der Waals surface area contributed by atoms with E-state index < -0.39 is 0 Å². The Morgan fingerprint density at radius 1 is 1.17 bits per heavy atom. The predicted molar refractivity (Wildman–Crippen MR) is 74.3 cm³/mol. The summed E-state index contributed by atoms with van der Waals surface area (Å²) in [5, 5.41) is 4.42. The fourth-order valence-electron chi connectivity index (χ4n) is 2.20. The first kappa shape index (κ1) is 13.1. The number of aromatic nitrogens is 1. The van der Waals surface area contributed by atoms with Gasteiger partial charge in [-0.2, -0.15) is 0 Å². The second kappa shape index (κ2) is 5.53. The van der Waals surface area contributed by atoms with Crippen LogP contribution in [0.25, 0.3) is 10.9 Å². The third kappa shape index (κ3) is 2.91. The van der Waals surface area contributed by atoms with Crippen molar-refractivity contribution in [2.75, 3.05) is 13.1 Å². The maximum absolute atomic E-state index is 13.1. The predicted octanol–water partition coefficient (Wildman–Crippen LogP) is 3.59. The number of hydrogen-bond donors (Lipinski definition) is 1. The molecule has 1 aromatic heterocycles. The van der Waals surface area contributed by atoms with E-state index in [9.17, 15) is 4.39 Å². The lowest BCUT2D eigenvalue weighted by Gasteiger charge is -2.17. The zero-order valence-corrected chi connectivity index (χ0v) is 11.3. The molecule has 1 N–H and O–H groups in total.